The number of ether oxygens (including phenoxy) is 4. The normalized spacial score (nSPS) is 10.2. The Labute approximate surface area is 168 Å². The molecule has 0 saturated heterocycles. The Morgan fingerprint density at radius 3 is 2.21 bits per heavy atom. The van der Waals surface area contributed by atoms with Crippen molar-refractivity contribution in [2.75, 3.05) is 35.0 Å². The highest BCUT2D eigenvalue weighted by Crippen LogP contribution is 2.39. The molecule has 0 bridgehead atoms. The van der Waals surface area contributed by atoms with Gasteiger partial charge < -0.3 is 24.3 Å². The molecule has 29 heavy (non-hydrogen) atoms. The molecule has 0 aliphatic rings. The van der Waals surface area contributed by atoms with E-state index in [1.165, 1.54) is 26.4 Å². The first-order valence-electron chi connectivity index (χ1n) is 8.81. The second kappa shape index (κ2) is 10.2. The number of rotatable bonds is 10. The molecule has 156 valence electrons. The summed E-state index contributed by atoms with van der Waals surface area (Å²) in [5.41, 5.74) is 0.929. The first kappa shape index (κ1) is 21.8. The fourth-order valence-electron chi connectivity index (χ4n) is 2.91. The lowest BCUT2D eigenvalue weighted by molar-refractivity contribution is -0.386. The van der Waals surface area contributed by atoms with Gasteiger partial charge in [-0.25, -0.2) is 0 Å². The molecule has 0 unspecified atom stereocenters. The number of carbonyl (C=O) groups is 1. The Morgan fingerprint density at radius 2 is 1.62 bits per heavy atom. The molecule has 0 heterocycles. The highest BCUT2D eigenvalue weighted by atomic mass is 16.6. The molecule has 0 fully saturated rings. The standard InChI is InChI=1S/C20H24N2O7/c1-26-15-7-5-13(11-17(15)28-3)9-10-21-18(23)12-14-6-8-16(27-2)20(29-4)19(14)22(24)25/h5-8,11H,9-10,12H2,1-4H3,(H,21,23). The van der Waals surface area contributed by atoms with Crippen molar-refractivity contribution in [3.8, 4) is 23.0 Å². The van der Waals surface area contributed by atoms with E-state index in [-0.39, 0.29) is 35.1 Å². The molecule has 2 aromatic carbocycles. The summed E-state index contributed by atoms with van der Waals surface area (Å²) >= 11 is 0. The molecule has 1 amide bonds. The number of nitrogens with one attached hydrogen (secondary N) is 1. The fourth-order valence-corrected chi connectivity index (χ4v) is 2.91. The van der Waals surface area contributed by atoms with Crippen molar-refractivity contribution in [2.24, 2.45) is 0 Å². The van der Waals surface area contributed by atoms with Gasteiger partial charge in [0.1, 0.15) is 0 Å². The topological polar surface area (TPSA) is 109 Å². The van der Waals surface area contributed by atoms with Crippen molar-refractivity contribution >= 4 is 11.6 Å². The third-order valence-corrected chi connectivity index (χ3v) is 4.32. The lowest BCUT2D eigenvalue weighted by Crippen LogP contribution is -2.27. The summed E-state index contributed by atoms with van der Waals surface area (Å²) in [4.78, 5) is 23.2. The van der Waals surface area contributed by atoms with E-state index >= 15 is 0 Å². The van der Waals surface area contributed by atoms with Crippen LogP contribution < -0.4 is 24.3 Å². The van der Waals surface area contributed by atoms with E-state index in [0.717, 1.165) is 5.56 Å². The number of nitrogens with zero attached hydrogens (tertiary/aromatic N) is 1. The molecule has 2 rings (SSSR count). The van der Waals surface area contributed by atoms with Crippen LogP contribution in [0.25, 0.3) is 0 Å². The van der Waals surface area contributed by atoms with E-state index in [2.05, 4.69) is 5.32 Å². The van der Waals surface area contributed by atoms with Gasteiger partial charge in [-0.2, -0.15) is 0 Å². The summed E-state index contributed by atoms with van der Waals surface area (Å²) in [5, 5.41) is 14.3. The van der Waals surface area contributed by atoms with Crippen LogP contribution in [0.2, 0.25) is 0 Å². The second-order valence-corrected chi connectivity index (χ2v) is 6.03. The zero-order valence-electron chi connectivity index (χ0n) is 16.8. The van der Waals surface area contributed by atoms with Crippen molar-refractivity contribution < 1.29 is 28.7 Å². The van der Waals surface area contributed by atoms with Crippen molar-refractivity contribution in [3.05, 3.63) is 51.6 Å². The van der Waals surface area contributed by atoms with Gasteiger partial charge in [0.25, 0.3) is 0 Å². The van der Waals surface area contributed by atoms with Gasteiger partial charge in [0.15, 0.2) is 17.2 Å². The van der Waals surface area contributed by atoms with Crippen LogP contribution in [-0.2, 0) is 17.6 Å². The lowest BCUT2D eigenvalue weighted by atomic mass is 10.1. The smallest absolute Gasteiger partial charge is 0.318 e. The van der Waals surface area contributed by atoms with Gasteiger partial charge >= 0.3 is 5.69 Å². The molecule has 9 nitrogen and oxygen atoms in total. The molecule has 9 heteroatoms. The van der Waals surface area contributed by atoms with Crippen LogP contribution in [0.5, 0.6) is 23.0 Å². The van der Waals surface area contributed by atoms with Gasteiger partial charge in [0.05, 0.1) is 39.8 Å². The minimum atomic E-state index is -0.576. The van der Waals surface area contributed by atoms with E-state index in [1.54, 1.807) is 20.3 Å². The van der Waals surface area contributed by atoms with E-state index in [4.69, 9.17) is 18.9 Å². The van der Waals surface area contributed by atoms with Crippen molar-refractivity contribution in [2.45, 2.75) is 12.8 Å². The molecule has 0 atom stereocenters. The maximum Gasteiger partial charge on any atom is 0.318 e. The molecule has 0 spiro atoms. The van der Waals surface area contributed by atoms with Crippen molar-refractivity contribution in [1.82, 2.24) is 5.32 Å². The second-order valence-electron chi connectivity index (χ2n) is 6.03. The van der Waals surface area contributed by atoms with E-state index in [1.807, 2.05) is 12.1 Å². The molecule has 0 aliphatic heterocycles. The summed E-state index contributed by atoms with van der Waals surface area (Å²) in [6.07, 6.45) is 0.419. The molecular formula is C20H24N2O7. The largest absolute Gasteiger partial charge is 0.493 e. The Balaban J connectivity index is 2.04. The first-order chi connectivity index (χ1) is 13.9. The highest BCUT2D eigenvalue weighted by Gasteiger charge is 2.26. The minimum Gasteiger partial charge on any atom is -0.493 e. The third kappa shape index (κ3) is 5.28. The molecule has 1 N–H and O–H groups in total. The average Bonchev–Trinajstić information content (AvgIpc) is 2.72. The summed E-state index contributed by atoms with van der Waals surface area (Å²) < 4.78 is 20.7. The van der Waals surface area contributed by atoms with Crippen LogP contribution in [0.15, 0.2) is 30.3 Å². The maximum absolute atomic E-state index is 12.3. The van der Waals surface area contributed by atoms with Gasteiger partial charge in [0.2, 0.25) is 11.7 Å². The van der Waals surface area contributed by atoms with Gasteiger partial charge in [-0.1, -0.05) is 6.07 Å². The molecule has 0 saturated carbocycles. The van der Waals surface area contributed by atoms with Gasteiger partial charge in [-0.3, -0.25) is 14.9 Å². The predicted octanol–water partition coefficient (Wildman–Crippen LogP) is 2.53. The molecular weight excluding hydrogens is 380 g/mol. The summed E-state index contributed by atoms with van der Waals surface area (Å²) in [5.74, 6) is 1.13. The van der Waals surface area contributed by atoms with Crippen molar-refractivity contribution in [1.29, 1.82) is 0 Å². The summed E-state index contributed by atoms with van der Waals surface area (Å²) in [6, 6.07) is 8.55. The Morgan fingerprint density at radius 1 is 0.966 bits per heavy atom. The number of nitro groups is 1. The van der Waals surface area contributed by atoms with Crippen LogP contribution in [0.4, 0.5) is 5.69 Å². The van der Waals surface area contributed by atoms with E-state index < -0.39 is 4.92 Å². The van der Waals surface area contributed by atoms with Crippen LogP contribution >= 0.6 is 0 Å². The number of benzene rings is 2. The number of methoxy groups -OCH3 is 4. The van der Waals surface area contributed by atoms with Crippen LogP contribution in [0, 0.1) is 10.1 Å². The molecule has 2 aromatic rings. The fraction of sp³-hybridized carbons (Fsp3) is 0.350. The average molecular weight is 404 g/mol. The zero-order chi connectivity index (χ0) is 21.4. The number of amides is 1. The quantitative estimate of drug-likeness (QED) is 0.479. The van der Waals surface area contributed by atoms with E-state index in [0.29, 0.717) is 24.5 Å². The Bertz CT molecular complexity index is 883. The van der Waals surface area contributed by atoms with Crippen LogP contribution in [-0.4, -0.2) is 45.8 Å². The van der Waals surface area contributed by atoms with Crippen molar-refractivity contribution in [3.63, 3.8) is 0 Å². The highest BCUT2D eigenvalue weighted by molar-refractivity contribution is 5.81. The zero-order valence-corrected chi connectivity index (χ0v) is 16.8. The summed E-state index contributed by atoms with van der Waals surface area (Å²) in [6.45, 7) is 0.370. The molecule has 0 aliphatic carbocycles. The monoisotopic (exact) mass is 404 g/mol. The number of nitro benzene ring substituents is 1. The SMILES string of the molecule is COc1ccc(CCNC(=O)Cc2ccc(OC)c(OC)c2[N+](=O)[O-])cc1OC. The predicted molar refractivity (Wildman–Crippen MR) is 106 cm³/mol. The summed E-state index contributed by atoms with van der Waals surface area (Å²) in [7, 11) is 5.82. The Hall–Kier alpha value is -3.49. The molecule has 0 aromatic heterocycles. The van der Waals surface area contributed by atoms with Gasteiger partial charge in [0, 0.05) is 12.1 Å². The van der Waals surface area contributed by atoms with Gasteiger partial charge in [-0.05, 0) is 36.2 Å². The Kier molecular flexibility index (Phi) is 7.64. The molecule has 0 radical (unpaired) electrons. The van der Waals surface area contributed by atoms with E-state index in [9.17, 15) is 14.9 Å². The van der Waals surface area contributed by atoms with Crippen LogP contribution in [0.1, 0.15) is 11.1 Å². The number of carbonyl (C=O) groups excluding carboxylic acids is 1. The number of hydrogen-bond acceptors (Lipinski definition) is 7. The third-order valence-electron chi connectivity index (χ3n) is 4.32. The van der Waals surface area contributed by atoms with Crippen LogP contribution in [0.3, 0.4) is 0 Å². The minimum absolute atomic E-state index is 0.00636. The maximum atomic E-state index is 12.3. The number of hydrogen-bond donors (Lipinski definition) is 1. The van der Waals surface area contributed by atoms with Gasteiger partial charge in [-0.15, -0.1) is 0 Å². The first-order valence-corrected chi connectivity index (χ1v) is 8.81. The lowest BCUT2D eigenvalue weighted by Gasteiger charge is -2.12.